The van der Waals surface area contributed by atoms with Gasteiger partial charge < -0.3 is 4.52 Å². The predicted octanol–water partition coefficient (Wildman–Crippen LogP) is 2.08. The molecule has 2 heterocycles. The Morgan fingerprint density at radius 1 is 1.54 bits per heavy atom. The lowest BCUT2D eigenvalue weighted by Crippen LogP contribution is -1.89. The van der Waals surface area contributed by atoms with Crippen LogP contribution in [0.2, 0.25) is 5.35 Å². The van der Waals surface area contributed by atoms with E-state index in [0.717, 1.165) is 10.7 Å². The molecule has 2 aromatic heterocycles. The number of aryl methyl sites for hydroxylation is 1. The molecule has 0 N–H and O–H groups in total. The minimum absolute atomic E-state index is 0.0725. The molecule has 0 aromatic carbocycles. The Bertz CT molecular complexity index is 373. The van der Waals surface area contributed by atoms with Gasteiger partial charge in [0.05, 0.1) is 6.42 Å². The molecule has 13 heavy (non-hydrogen) atoms. The predicted molar refractivity (Wildman–Crippen MR) is 49.0 cm³/mol. The summed E-state index contributed by atoms with van der Waals surface area (Å²) >= 11 is 7.05. The smallest absolute Gasteiger partial charge is 0.320 e. The molecule has 0 unspecified atom stereocenters. The molecule has 2 aromatic rings. The molecule has 6 heteroatoms. The minimum Gasteiger partial charge on any atom is -0.321 e. The highest BCUT2D eigenvalue weighted by molar-refractivity contribution is 7.09. The van der Waals surface area contributed by atoms with Gasteiger partial charge in [-0.15, -0.1) is 11.3 Å². The number of aromatic nitrogens is 3. The Morgan fingerprint density at radius 2 is 2.38 bits per heavy atom. The van der Waals surface area contributed by atoms with Crippen LogP contribution in [0.25, 0.3) is 0 Å². The van der Waals surface area contributed by atoms with Crippen LogP contribution in [-0.2, 0) is 6.42 Å². The first-order chi connectivity index (χ1) is 6.24. The van der Waals surface area contributed by atoms with Gasteiger partial charge >= 0.3 is 5.35 Å². The maximum Gasteiger partial charge on any atom is 0.320 e. The highest BCUT2D eigenvalue weighted by Gasteiger charge is 2.06. The van der Waals surface area contributed by atoms with Crippen molar-refractivity contribution in [1.29, 1.82) is 0 Å². The van der Waals surface area contributed by atoms with Crippen LogP contribution in [0.3, 0.4) is 0 Å². The van der Waals surface area contributed by atoms with E-state index in [2.05, 4.69) is 19.6 Å². The van der Waals surface area contributed by atoms with Gasteiger partial charge in [0.2, 0.25) is 0 Å². The molecule has 68 valence electrons. The first kappa shape index (κ1) is 8.65. The van der Waals surface area contributed by atoms with Crippen LogP contribution in [0, 0.1) is 6.92 Å². The average molecular weight is 216 g/mol. The summed E-state index contributed by atoms with van der Waals surface area (Å²) in [6.45, 7) is 1.95. The summed E-state index contributed by atoms with van der Waals surface area (Å²) in [5.74, 6) is 0.569. The molecule has 0 bridgehead atoms. The fraction of sp³-hybridized carbons (Fsp3) is 0.286. The third-order valence-electron chi connectivity index (χ3n) is 1.42. The van der Waals surface area contributed by atoms with Crippen LogP contribution in [0.1, 0.15) is 16.5 Å². The second-order valence-electron chi connectivity index (χ2n) is 2.52. The van der Waals surface area contributed by atoms with E-state index in [0.29, 0.717) is 12.2 Å². The van der Waals surface area contributed by atoms with Gasteiger partial charge in [-0.3, -0.25) is 0 Å². The van der Waals surface area contributed by atoms with E-state index in [9.17, 15) is 0 Å². The van der Waals surface area contributed by atoms with Crippen molar-refractivity contribution in [3.63, 3.8) is 0 Å². The summed E-state index contributed by atoms with van der Waals surface area (Å²) < 4.78 is 4.62. The average Bonchev–Trinajstić information content (AvgIpc) is 2.62. The highest BCUT2D eigenvalue weighted by atomic mass is 35.5. The standard InChI is InChI=1S/C7H6ClN3OS/c1-4-3-13-6(9-4)2-5-10-7(8)12-11-5/h3H,2H2,1H3. The SMILES string of the molecule is Cc1csc(Cc2noc(Cl)n2)n1. The van der Waals surface area contributed by atoms with Crippen molar-refractivity contribution in [1.82, 2.24) is 15.1 Å². The Hall–Kier alpha value is -0.940. The molecule has 0 atom stereocenters. The van der Waals surface area contributed by atoms with E-state index < -0.39 is 0 Å². The quantitative estimate of drug-likeness (QED) is 0.770. The third kappa shape index (κ3) is 2.05. The van der Waals surface area contributed by atoms with Crippen molar-refractivity contribution in [2.45, 2.75) is 13.3 Å². The first-order valence-electron chi connectivity index (χ1n) is 3.63. The lowest BCUT2D eigenvalue weighted by atomic mass is 10.4. The van der Waals surface area contributed by atoms with Crippen LogP contribution >= 0.6 is 22.9 Å². The van der Waals surface area contributed by atoms with Crippen LogP contribution < -0.4 is 0 Å². The number of hydrogen-bond donors (Lipinski definition) is 0. The van der Waals surface area contributed by atoms with Crippen molar-refractivity contribution < 1.29 is 4.52 Å². The van der Waals surface area contributed by atoms with E-state index in [-0.39, 0.29) is 5.35 Å². The number of hydrogen-bond acceptors (Lipinski definition) is 5. The molecule has 4 nitrogen and oxygen atoms in total. The van der Waals surface area contributed by atoms with Crippen molar-refractivity contribution in [3.8, 4) is 0 Å². The molecule has 0 saturated heterocycles. The van der Waals surface area contributed by atoms with E-state index >= 15 is 0 Å². The monoisotopic (exact) mass is 215 g/mol. The maximum absolute atomic E-state index is 5.47. The van der Waals surface area contributed by atoms with Crippen molar-refractivity contribution in [2.24, 2.45) is 0 Å². The normalized spacial score (nSPS) is 10.6. The molecule has 0 saturated carbocycles. The summed E-state index contributed by atoms with van der Waals surface area (Å²) in [6.07, 6.45) is 0.578. The number of nitrogens with zero attached hydrogens (tertiary/aromatic N) is 3. The second-order valence-corrected chi connectivity index (χ2v) is 3.79. The first-order valence-corrected chi connectivity index (χ1v) is 4.89. The zero-order valence-electron chi connectivity index (χ0n) is 6.82. The molecule has 0 fully saturated rings. The summed E-state index contributed by atoms with van der Waals surface area (Å²) in [5, 5.41) is 6.69. The molecule has 0 radical (unpaired) electrons. The van der Waals surface area contributed by atoms with Gasteiger partial charge in [-0.25, -0.2) is 4.98 Å². The van der Waals surface area contributed by atoms with Crippen LogP contribution in [0.4, 0.5) is 0 Å². The fourth-order valence-electron chi connectivity index (χ4n) is 0.924. The second kappa shape index (κ2) is 3.43. The van der Waals surface area contributed by atoms with Gasteiger partial charge in [0, 0.05) is 11.1 Å². The number of thiazole rings is 1. The zero-order chi connectivity index (χ0) is 9.26. The van der Waals surface area contributed by atoms with E-state index in [1.165, 1.54) is 0 Å². The van der Waals surface area contributed by atoms with Crippen LogP contribution in [0.15, 0.2) is 9.90 Å². The highest BCUT2D eigenvalue weighted by Crippen LogP contribution is 2.13. The summed E-state index contributed by atoms with van der Waals surface area (Å²) in [4.78, 5) is 8.14. The van der Waals surface area contributed by atoms with Crippen molar-refractivity contribution in [2.75, 3.05) is 0 Å². The number of rotatable bonds is 2. The van der Waals surface area contributed by atoms with Gasteiger partial charge in [-0.05, 0) is 18.5 Å². The van der Waals surface area contributed by atoms with Crippen LogP contribution in [-0.4, -0.2) is 15.1 Å². The minimum atomic E-state index is 0.0725. The van der Waals surface area contributed by atoms with Gasteiger partial charge in [0.1, 0.15) is 5.01 Å². The van der Waals surface area contributed by atoms with E-state index in [4.69, 9.17) is 11.6 Å². The van der Waals surface area contributed by atoms with Gasteiger partial charge in [0.15, 0.2) is 5.82 Å². The maximum atomic E-state index is 5.47. The molecular formula is C7H6ClN3OS. The molecule has 0 aliphatic rings. The molecule has 0 amide bonds. The van der Waals surface area contributed by atoms with Gasteiger partial charge in [-0.2, -0.15) is 4.98 Å². The molecule has 0 aliphatic heterocycles. The van der Waals surface area contributed by atoms with E-state index in [1.54, 1.807) is 11.3 Å². The Kier molecular flexibility index (Phi) is 2.28. The zero-order valence-corrected chi connectivity index (χ0v) is 8.39. The summed E-state index contributed by atoms with van der Waals surface area (Å²) in [6, 6.07) is 0. The summed E-state index contributed by atoms with van der Waals surface area (Å²) in [5.41, 5.74) is 1.01. The van der Waals surface area contributed by atoms with E-state index in [1.807, 2.05) is 12.3 Å². The third-order valence-corrected chi connectivity index (χ3v) is 2.54. The van der Waals surface area contributed by atoms with Gasteiger partial charge in [0.25, 0.3) is 0 Å². The summed E-state index contributed by atoms with van der Waals surface area (Å²) in [7, 11) is 0. The fourth-order valence-corrected chi connectivity index (χ4v) is 1.82. The molecule has 0 spiro atoms. The largest absolute Gasteiger partial charge is 0.321 e. The van der Waals surface area contributed by atoms with Crippen LogP contribution in [0.5, 0.6) is 0 Å². The molecule has 2 rings (SSSR count). The Balaban J connectivity index is 2.14. The Labute approximate surface area is 83.6 Å². The topological polar surface area (TPSA) is 51.8 Å². The Morgan fingerprint density at radius 3 is 2.92 bits per heavy atom. The lowest BCUT2D eigenvalue weighted by molar-refractivity contribution is 0.413. The number of halogens is 1. The molecule has 0 aliphatic carbocycles. The lowest BCUT2D eigenvalue weighted by Gasteiger charge is -1.85. The van der Waals surface area contributed by atoms with Crippen molar-refractivity contribution in [3.05, 3.63) is 27.3 Å². The van der Waals surface area contributed by atoms with Gasteiger partial charge in [-0.1, -0.05) is 5.16 Å². The van der Waals surface area contributed by atoms with Crippen molar-refractivity contribution >= 4 is 22.9 Å². The molecular weight excluding hydrogens is 210 g/mol.